The first-order valence-electron chi connectivity index (χ1n) is 8.27. The molecule has 6 nitrogen and oxygen atoms in total. The molecule has 1 amide bonds. The Morgan fingerprint density at radius 3 is 2.41 bits per heavy atom. The first-order chi connectivity index (χ1) is 13.2. The number of hydrogen-bond acceptors (Lipinski definition) is 5. The highest BCUT2D eigenvalue weighted by Gasteiger charge is 2.10. The van der Waals surface area contributed by atoms with Crippen molar-refractivity contribution in [2.75, 3.05) is 18.5 Å². The Kier molecular flexibility index (Phi) is 6.43. The SMILES string of the molecule is O=C(NC(=S)Nc1cccc(OCCOc2ccccc2)c1)c1ccco1. The van der Waals surface area contributed by atoms with Crippen LogP contribution in [0.25, 0.3) is 0 Å². The van der Waals surface area contributed by atoms with Crippen molar-refractivity contribution >= 4 is 28.9 Å². The van der Waals surface area contributed by atoms with E-state index in [1.54, 1.807) is 18.2 Å². The standard InChI is InChI=1S/C20H18N2O4S/c23-19(18-10-5-11-26-18)22-20(27)21-15-6-4-9-17(14-15)25-13-12-24-16-7-2-1-3-8-16/h1-11,14H,12-13H2,(H2,21,22,23,27). The molecule has 0 aliphatic rings. The van der Waals surface area contributed by atoms with Gasteiger partial charge in [0.15, 0.2) is 10.9 Å². The highest BCUT2D eigenvalue weighted by molar-refractivity contribution is 7.80. The van der Waals surface area contributed by atoms with E-state index in [1.807, 2.05) is 48.5 Å². The second kappa shape index (κ2) is 9.40. The number of ether oxygens (including phenoxy) is 2. The van der Waals surface area contributed by atoms with E-state index in [0.717, 1.165) is 5.75 Å². The van der Waals surface area contributed by atoms with Gasteiger partial charge in [-0.3, -0.25) is 10.1 Å². The third-order valence-electron chi connectivity index (χ3n) is 3.43. The van der Waals surface area contributed by atoms with E-state index in [0.29, 0.717) is 24.7 Å². The lowest BCUT2D eigenvalue weighted by Crippen LogP contribution is -2.33. The number of carbonyl (C=O) groups is 1. The first kappa shape index (κ1) is 18.5. The largest absolute Gasteiger partial charge is 0.490 e. The van der Waals surface area contributed by atoms with Gasteiger partial charge in [0.05, 0.1) is 6.26 Å². The third-order valence-corrected chi connectivity index (χ3v) is 3.63. The van der Waals surface area contributed by atoms with E-state index in [-0.39, 0.29) is 10.9 Å². The summed E-state index contributed by atoms with van der Waals surface area (Å²) in [5.74, 6) is 1.24. The summed E-state index contributed by atoms with van der Waals surface area (Å²) in [7, 11) is 0. The van der Waals surface area contributed by atoms with Crippen molar-refractivity contribution in [3.05, 3.63) is 78.8 Å². The van der Waals surface area contributed by atoms with Gasteiger partial charge >= 0.3 is 0 Å². The van der Waals surface area contributed by atoms with E-state index in [1.165, 1.54) is 6.26 Å². The predicted molar refractivity (Wildman–Crippen MR) is 106 cm³/mol. The fraction of sp³-hybridized carbons (Fsp3) is 0.100. The zero-order valence-corrected chi connectivity index (χ0v) is 15.2. The van der Waals surface area contributed by atoms with E-state index in [9.17, 15) is 4.79 Å². The molecule has 0 aliphatic carbocycles. The molecule has 0 saturated heterocycles. The number of carbonyl (C=O) groups excluding carboxylic acids is 1. The fourth-order valence-electron chi connectivity index (χ4n) is 2.23. The van der Waals surface area contributed by atoms with Crippen LogP contribution in [0.5, 0.6) is 11.5 Å². The van der Waals surface area contributed by atoms with Crippen molar-refractivity contribution in [2.24, 2.45) is 0 Å². The molecule has 0 fully saturated rings. The molecule has 2 aromatic carbocycles. The molecule has 1 heterocycles. The second-order valence-electron chi connectivity index (χ2n) is 5.42. The molecular weight excluding hydrogens is 364 g/mol. The van der Waals surface area contributed by atoms with Gasteiger partial charge in [0.1, 0.15) is 24.7 Å². The van der Waals surface area contributed by atoms with E-state index >= 15 is 0 Å². The van der Waals surface area contributed by atoms with Crippen molar-refractivity contribution in [1.29, 1.82) is 0 Å². The summed E-state index contributed by atoms with van der Waals surface area (Å²) in [6, 6.07) is 20.0. The number of amides is 1. The van der Waals surface area contributed by atoms with Crippen LogP contribution in [0.15, 0.2) is 77.4 Å². The maximum atomic E-state index is 11.9. The number of furan rings is 1. The maximum Gasteiger partial charge on any atom is 0.293 e. The summed E-state index contributed by atoms with van der Waals surface area (Å²) in [6.45, 7) is 0.831. The van der Waals surface area contributed by atoms with Crippen molar-refractivity contribution < 1.29 is 18.7 Å². The number of rotatable bonds is 7. The minimum Gasteiger partial charge on any atom is -0.490 e. The summed E-state index contributed by atoms with van der Waals surface area (Å²) >= 11 is 5.14. The molecule has 3 aromatic rings. The van der Waals surface area contributed by atoms with Gasteiger partial charge in [-0.1, -0.05) is 24.3 Å². The summed E-state index contributed by atoms with van der Waals surface area (Å²) in [4.78, 5) is 11.9. The van der Waals surface area contributed by atoms with Crippen molar-refractivity contribution in [1.82, 2.24) is 5.32 Å². The summed E-state index contributed by atoms with van der Waals surface area (Å²) in [6.07, 6.45) is 1.42. The van der Waals surface area contributed by atoms with Crippen LogP contribution in [0.4, 0.5) is 5.69 Å². The first-order valence-corrected chi connectivity index (χ1v) is 8.68. The van der Waals surface area contributed by atoms with Crippen LogP contribution in [0.3, 0.4) is 0 Å². The molecule has 27 heavy (non-hydrogen) atoms. The molecule has 7 heteroatoms. The highest BCUT2D eigenvalue weighted by atomic mass is 32.1. The maximum absolute atomic E-state index is 11.9. The van der Waals surface area contributed by atoms with Crippen molar-refractivity contribution in [2.45, 2.75) is 0 Å². The normalized spacial score (nSPS) is 10.1. The van der Waals surface area contributed by atoms with Crippen molar-refractivity contribution in [3.8, 4) is 11.5 Å². The van der Waals surface area contributed by atoms with Crippen LogP contribution in [0.1, 0.15) is 10.6 Å². The number of para-hydroxylation sites is 1. The van der Waals surface area contributed by atoms with Gasteiger partial charge in [-0.25, -0.2) is 0 Å². The summed E-state index contributed by atoms with van der Waals surface area (Å²) in [5.41, 5.74) is 0.696. The lowest BCUT2D eigenvalue weighted by Gasteiger charge is -2.11. The molecule has 0 radical (unpaired) electrons. The Balaban J connectivity index is 1.45. The molecule has 0 atom stereocenters. The zero-order valence-electron chi connectivity index (χ0n) is 14.4. The van der Waals surface area contributed by atoms with Gasteiger partial charge in [-0.05, 0) is 48.6 Å². The number of hydrogen-bond donors (Lipinski definition) is 2. The lowest BCUT2D eigenvalue weighted by molar-refractivity contribution is 0.0950. The highest BCUT2D eigenvalue weighted by Crippen LogP contribution is 2.17. The molecule has 0 aliphatic heterocycles. The van der Waals surface area contributed by atoms with Gasteiger partial charge in [0.25, 0.3) is 5.91 Å². The van der Waals surface area contributed by atoms with Gasteiger partial charge in [0.2, 0.25) is 0 Å². The molecule has 0 spiro atoms. The Morgan fingerprint density at radius 2 is 1.67 bits per heavy atom. The molecule has 2 N–H and O–H groups in total. The smallest absolute Gasteiger partial charge is 0.293 e. The molecular formula is C20H18N2O4S. The van der Waals surface area contributed by atoms with Gasteiger partial charge in [-0.15, -0.1) is 0 Å². The van der Waals surface area contributed by atoms with Gasteiger partial charge in [-0.2, -0.15) is 0 Å². The van der Waals surface area contributed by atoms with Gasteiger partial charge < -0.3 is 19.2 Å². The molecule has 3 rings (SSSR count). The minimum atomic E-state index is -0.414. The Bertz CT molecular complexity index is 882. The Morgan fingerprint density at radius 1 is 0.926 bits per heavy atom. The van der Waals surface area contributed by atoms with E-state index in [4.69, 9.17) is 26.1 Å². The number of thiocarbonyl (C=S) groups is 1. The average molecular weight is 382 g/mol. The predicted octanol–water partition coefficient (Wildman–Crippen LogP) is 3.86. The van der Waals surface area contributed by atoms with Crippen LogP contribution in [-0.2, 0) is 0 Å². The monoisotopic (exact) mass is 382 g/mol. The van der Waals surface area contributed by atoms with Gasteiger partial charge in [0, 0.05) is 11.8 Å². The second-order valence-corrected chi connectivity index (χ2v) is 5.83. The molecule has 0 saturated carbocycles. The summed E-state index contributed by atoms with van der Waals surface area (Å²) in [5, 5.41) is 5.65. The number of nitrogens with one attached hydrogen (secondary N) is 2. The van der Waals surface area contributed by atoms with E-state index < -0.39 is 5.91 Å². The van der Waals surface area contributed by atoms with Crippen LogP contribution in [0, 0.1) is 0 Å². The molecule has 0 unspecified atom stereocenters. The molecule has 0 bridgehead atoms. The fourth-order valence-corrected chi connectivity index (χ4v) is 2.44. The number of benzene rings is 2. The topological polar surface area (TPSA) is 72.7 Å². The molecule has 138 valence electrons. The molecule has 1 aromatic heterocycles. The quantitative estimate of drug-likeness (QED) is 0.477. The average Bonchev–Trinajstić information content (AvgIpc) is 3.21. The minimum absolute atomic E-state index is 0.168. The van der Waals surface area contributed by atoms with Crippen LogP contribution in [0.2, 0.25) is 0 Å². The third kappa shape index (κ3) is 5.86. The lowest BCUT2D eigenvalue weighted by atomic mass is 10.3. The zero-order chi connectivity index (χ0) is 18.9. The van der Waals surface area contributed by atoms with Crippen LogP contribution < -0.4 is 20.1 Å². The van der Waals surface area contributed by atoms with E-state index in [2.05, 4.69) is 10.6 Å². The Labute approximate surface area is 162 Å². The van der Waals surface area contributed by atoms with Crippen LogP contribution >= 0.6 is 12.2 Å². The van der Waals surface area contributed by atoms with Crippen molar-refractivity contribution in [3.63, 3.8) is 0 Å². The van der Waals surface area contributed by atoms with Crippen LogP contribution in [-0.4, -0.2) is 24.2 Å². The number of anilines is 1. The summed E-state index contributed by atoms with van der Waals surface area (Å²) < 4.78 is 16.3. The Hall–Kier alpha value is -3.32.